The second kappa shape index (κ2) is 6.91. The van der Waals surface area contributed by atoms with E-state index in [1.165, 1.54) is 0 Å². The molecule has 0 amide bonds. The van der Waals surface area contributed by atoms with Gasteiger partial charge in [0.05, 0.1) is 7.11 Å². The topological polar surface area (TPSA) is 26.3 Å². The summed E-state index contributed by atoms with van der Waals surface area (Å²) < 4.78 is 6.00. The van der Waals surface area contributed by atoms with Crippen molar-refractivity contribution in [3.8, 4) is 5.75 Å². The van der Waals surface area contributed by atoms with E-state index in [1.807, 2.05) is 36.4 Å². The Morgan fingerprint density at radius 2 is 1.85 bits per heavy atom. The number of Topliss-reactive ketones (excluding diaryl/α,β-unsaturated/α-hetero) is 1. The maximum atomic E-state index is 12.1. The lowest BCUT2D eigenvalue weighted by atomic mass is 10.0. The molecule has 0 saturated heterocycles. The van der Waals surface area contributed by atoms with Crippen LogP contribution in [0.1, 0.15) is 11.1 Å². The Morgan fingerprint density at radius 1 is 1.15 bits per heavy atom. The van der Waals surface area contributed by atoms with Crippen LogP contribution in [0.3, 0.4) is 0 Å². The predicted octanol–water partition coefficient (Wildman–Crippen LogP) is 4.47. The van der Waals surface area contributed by atoms with Crippen LogP contribution >= 0.6 is 27.5 Å². The molecule has 0 spiro atoms. The van der Waals surface area contributed by atoms with Gasteiger partial charge in [0.1, 0.15) is 11.5 Å². The number of rotatable bonds is 5. The number of hydrogen-bond donors (Lipinski definition) is 0. The third-order valence-corrected chi connectivity index (χ3v) is 3.81. The van der Waals surface area contributed by atoms with Crippen molar-refractivity contribution in [3.63, 3.8) is 0 Å². The van der Waals surface area contributed by atoms with Crippen LogP contribution in [-0.4, -0.2) is 12.9 Å². The van der Waals surface area contributed by atoms with E-state index in [0.717, 1.165) is 21.3 Å². The van der Waals surface area contributed by atoms with Crippen molar-refractivity contribution in [1.29, 1.82) is 0 Å². The first-order valence-electron chi connectivity index (χ1n) is 6.17. The van der Waals surface area contributed by atoms with E-state index in [9.17, 15) is 4.79 Å². The highest BCUT2D eigenvalue weighted by molar-refractivity contribution is 9.10. The number of carbonyl (C=O) groups is 1. The van der Waals surface area contributed by atoms with Crippen LogP contribution in [0.4, 0.5) is 0 Å². The summed E-state index contributed by atoms with van der Waals surface area (Å²) in [5.74, 6) is 0.927. The summed E-state index contributed by atoms with van der Waals surface area (Å²) in [6.07, 6.45) is 0.745. The average molecular weight is 354 g/mol. The van der Waals surface area contributed by atoms with Crippen LogP contribution < -0.4 is 4.74 Å². The smallest absolute Gasteiger partial charge is 0.141 e. The summed E-state index contributed by atoms with van der Waals surface area (Å²) in [7, 11) is 1.62. The molecule has 0 atom stereocenters. The molecule has 4 heteroatoms. The Morgan fingerprint density at radius 3 is 2.45 bits per heavy atom. The van der Waals surface area contributed by atoms with Crippen molar-refractivity contribution >= 4 is 33.3 Å². The van der Waals surface area contributed by atoms with E-state index >= 15 is 0 Å². The second-order valence-electron chi connectivity index (χ2n) is 4.48. The van der Waals surface area contributed by atoms with Gasteiger partial charge in [-0.05, 0) is 35.4 Å². The lowest BCUT2D eigenvalue weighted by molar-refractivity contribution is -0.117. The first-order chi connectivity index (χ1) is 9.58. The van der Waals surface area contributed by atoms with Gasteiger partial charge in [-0.15, -0.1) is 0 Å². The molecule has 2 aromatic rings. The lowest BCUT2D eigenvalue weighted by Gasteiger charge is -2.05. The average Bonchev–Trinajstić information content (AvgIpc) is 2.43. The molecule has 0 unspecified atom stereocenters. The van der Waals surface area contributed by atoms with Crippen molar-refractivity contribution in [2.24, 2.45) is 0 Å². The molecule has 2 rings (SSSR count). The fourth-order valence-corrected chi connectivity index (χ4v) is 2.65. The predicted molar refractivity (Wildman–Crippen MR) is 84.6 cm³/mol. The van der Waals surface area contributed by atoms with Crippen LogP contribution in [0.15, 0.2) is 46.9 Å². The molecule has 2 aromatic carbocycles. The van der Waals surface area contributed by atoms with E-state index in [-0.39, 0.29) is 5.78 Å². The second-order valence-corrected chi connectivity index (χ2v) is 5.80. The van der Waals surface area contributed by atoms with Crippen molar-refractivity contribution in [2.75, 3.05) is 7.11 Å². The van der Waals surface area contributed by atoms with Crippen molar-refractivity contribution in [1.82, 2.24) is 0 Å². The first-order valence-corrected chi connectivity index (χ1v) is 7.34. The fourth-order valence-electron chi connectivity index (χ4n) is 1.91. The molecule has 0 bridgehead atoms. The minimum absolute atomic E-state index is 0.138. The van der Waals surface area contributed by atoms with Gasteiger partial charge in [-0.1, -0.05) is 45.7 Å². The number of ketones is 1. The Labute approximate surface area is 131 Å². The Bertz CT molecular complexity index is 608. The first kappa shape index (κ1) is 15.1. The highest BCUT2D eigenvalue weighted by atomic mass is 79.9. The Hall–Kier alpha value is -1.32. The summed E-state index contributed by atoms with van der Waals surface area (Å²) in [6, 6.07) is 13.1. The van der Waals surface area contributed by atoms with Crippen molar-refractivity contribution < 1.29 is 9.53 Å². The monoisotopic (exact) mass is 352 g/mol. The maximum Gasteiger partial charge on any atom is 0.141 e. The van der Waals surface area contributed by atoms with E-state index in [4.69, 9.17) is 16.3 Å². The van der Waals surface area contributed by atoms with Crippen LogP contribution in [0.5, 0.6) is 5.75 Å². The van der Waals surface area contributed by atoms with Gasteiger partial charge in [-0.25, -0.2) is 0 Å². The number of carbonyl (C=O) groups excluding carboxylic acids is 1. The van der Waals surface area contributed by atoms with Gasteiger partial charge in [0.25, 0.3) is 0 Å². The van der Waals surface area contributed by atoms with E-state index < -0.39 is 0 Å². The molecule has 20 heavy (non-hydrogen) atoms. The molecule has 0 radical (unpaired) electrons. The van der Waals surface area contributed by atoms with Crippen LogP contribution in [0, 0.1) is 0 Å². The van der Waals surface area contributed by atoms with Crippen molar-refractivity contribution in [2.45, 2.75) is 12.8 Å². The maximum absolute atomic E-state index is 12.1. The zero-order chi connectivity index (χ0) is 14.5. The fraction of sp³-hybridized carbons (Fsp3) is 0.188. The minimum atomic E-state index is 0.138. The van der Waals surface area contributed by atoms with Crippen molar-refractivity contribution in [3.05, 3.63) is 63.1 Å². The molecule has 0 heterocycles. The summed E-state index contributed by atoms with van der Waals surface area (Å²) in [5, 5.41) is 0.613. The number of hydrogen-bond acceptors (Lipinski definition) is 2. The Kier molecular flexibility index (Phi) is 5.21. The van der Waals surface area contributed by atoms with Crippen LogP contribution in [0.2, 0.25) is 5.02 Å². The van der Waals surface area contributed by atoms with Crippen LogP contribution in [0.25, 0.3) is 0 Å². The number of halogens is 2. The van der Waals surface area contributed by atoms with E-state index in [2.05, 4.69) is 15.9 Å². The van der Waals surface area contributed by atoms with Gasteiger partial charge in [0.2, 0.25) is 0 Å². The SMILES string of the molecule is COc1ccc(CC(=O)Cc2ccc(Br)cc2Cl)cc1. The van der Waals surface area contributed by atoms with Crippen LogP contribution in [-0.2, 0) is 17.6 Å². The quantitative estimate of drug-likeness (QED) is 0.793. The highest BCUT2D eigenvalue weighted by Gasteiger charge is 2.09. The zero-order valence-electron chi connectivity index (χ0n) is 11.0. The lowest BCUT2D eigenvalue weighted by Crippen LogP contribution is -2.07. The molecular formula is C16H14BrClO2. The molecule has 0 N–H and O–H groups in total. The molecule has 0 aliphatic rings. The largest absolute Gasteiger partial charge is 0.497 e. The van der Waals surface area contributed by atoms with Gasteiger partial charge in [0.15, 0.2) is 0 Å². The molecule has 104 valence electrons. The summed E-state index contributed by atoms with van der Waals surface area (Å²) >= 11 is 9.47. The molecule has 0 saturated carbocycles. The highest BCUT2D eigenvalue weighted by Crippen LogP contribution is 2.22. The van der Waals surface area contributed by atoms with Gasteiger partial charge >= 0.3 is 0 Å². The van der Waals surface area contributed by atoms with Gasteiger partial charge in [0, 0.05) is 22.3 Å². The summed E-state index contributed by atoms with van der Waals surface area (Å²) in [4.78, 5) is 12.1. The summed E-state index contributed by atoms with van der Waals surface area (Å²) in [5.41, 5.74) is 1.83. The third-order valence-electron chi connectivity index (χ3n) is 2.96. The van der Waals surface area contributed by atoms with Gasteiger partial charge < -0.3 is 4.74 Å². The molecule has 0 aliphatic carbocycles. The van der Waals surface area contributed by atoms with Gasteiger partial charge in [-0.3, -0.25) is 4.79 Å². The molecule has 0 aromatic heterocycles. The normalized spacial score (nSPS) is 10.3. The number of ether oxygens (including phenoxy) is 1. The zero-order valence-corrected chi connectivity index (χ0v) is 13.4. The molecular weight excluding hydrogens is 340 g/mol. The molecule has 0 fully saturated rings. The number of methoxy groups -OCH3 is 1. The third kappa shape index (κ3) is 4.09. The number of benzene rings is 2. The molecule has 2 nitrogen and oxygen atoms in total. The summed E-state index contributed by atoms with van der Waals surface area (Å²) in [6.45, 7) is 0. The van der Waals surface area contributed by atoms with E-state index in [1.54, 1.807) is 13.2 Å². The Balaban J connectivity index is 2.01. The van der Waals surface area contributed by atoms with E-state index in [0.29, 0.717) is 17.9 Å². The standard InChI is InChI=1S/C16H14BrClO2/c1-20-15-6-2-11(3-7-15)8-14(19)9-12-4-5-13(17)10-16(12)18/h2-7,10H,8-9H2,1H3. The molecule has 0 aliphatic heterocycles. The minimum Gasteiger partial charge on any atom is -0.497 e. The van der Waals surface area contributed by atoms with Gasteiger partial charge in [-0.2, -0.15) is 0 Å².